The van der Waals surface area contributed by atoms with Crippen molar-refractivity contribution in [2.45, 2.75) is 77.7 Å². The van der Waals surface area contributed by atoms with Gasteiger partial charge in [0, 0.05) is 36.4 Å². The monoisotopic (exact) mass is 818 g/mol. The van der Waals surface area contributed by atoms with Gasteiger partial charge in [0.05, 0.1) is 22.5 Å². The van der Waals surface area contributed by atoms with Crippen molar-refractivity contribution >= 4 is 46.6 Å². The molecule has 0 bridgehead atoms. The Morgan fingerprint density at radius 3 is 1.71 bits per heavy atom. The Hall–Kier alpha value is -6.98. The number of carboxylic acid groups (broad SMARTS) is 1. The molecule has 310 valence electrons. The molecular formula is C54H50N4O4. The lowest BCUT2D eigenvalue weighted by Gasteiger charge is -2.27. The van der Waals surface area contributed by atoms with Crippen LogP contribution in [0, 0.1) is 18.3 Å². The topological polar surface area (TPSA) is 105 Å². The fourth-order valence-corrected chi connectivity index (χ4v) is 9.85. The quantitative estimate of drug-likeness (QED) is 0.0937. The number of aliphatic carboxylic acids is 1. The number of carbonyl (C=O) groups excluding carboxylic acids is 2. The summed E-state index contributed by atoms with van der Waals surface area (Å²) in [5.74, 6) is -1.03. The van der Waals surface area contributed by atoms with E-state index in [1.165, 1.54) is 53.4 Å². The average Bonchev–Trinajstić information content (AvgIpc) is 4.04. The molecule has 0 radical (unpaired) electrons. The van der Waals surface area contributed by atoms with E-state index in [0.717, 1.165) is 53.5 Å². The number of carboxylic acids is 1. The second kappa shape index (κ2) is 16.8. The van der Waals surface area contributed by atoms with Crippen LogP contribution in [-0.4, -0.2) is 51.8 Å². The summed E-state index contributed by atoms with van der Waals surface area (Å²) in [4.78, 5) is 46.9. The van der Waals surface area contributed by atoms with E-state index in [-0.39, 0.29) is 17.4 Å². The average molecular weight is 819 g/mol. The Bertz CT molecular complexity index is 2720. The number of nitrogens with zero attached hydrogens (tertiary/aromatic N) is 4. The van der Waals surface area contributed by atoms with Gasteiger partial charge in [-0.1, -0.05) is 130 Å². The maximum Gasteiger partial charge on any atom is 0.346 e. The molecule has 2 unspecified atom stereocenters. The number of hydrogen-bond acceptors (Lipinski definition) is 5. The fourth-order valence-electron chi connectivity index (χ4n) is 9.85. The van der Waals surface area contributed by atoms with Crippen molar-refractivity contribution in [3.63, 3.8) is 0 Å². The fraction of sp³-hybridized carbons (Fsp3) is 0.259. The largest absolute Gasteiger partial charge is 0.477 e. The van der Waals surface area contributed by atoms with Crippen molar-refractivity contribution in [3.8, 4) is 28.3 Å². The van der Waals surface area contributed by atoms with Crippen LogP contribution in [-0.2, 0) is 14.4 Å². The lowest BCUT2D eigenvalue weighted by Crippen LogP contribution is -2.31. The summed E-state index contributed by atoms with van der Waals surface area (Å²) >= 11 is 0. The van der Waals surface area contributed by atoms with E-state index < -0.39 is 5.97 Å². The molecule has 1 N–H and O–H groups in total. The van der Waals surface area contributed by atoms with Gasteiger partial charge in [-0.15, -0.1) is 0 Å². The molecule has 3 aliphatic heterocycles. The maximum atomic E-state index is 14.7. The van der Waals surface area contributed by atoms with Crippen molar-refractivity contribution in [2.75, 3.05) is 18.0 Å². The molecule has 3 heterocycles. The van der Waals surface area contributed by atoms with Gasteiger partial charge in [0.2, 0.25) is 0 Å². The van der Waals surface area contributed by atoms with E-state index in [1.54, 1.807) is 18.2 Å². The number of hydrogen-bond donors (Lipinski definition) is 1. The Kier molecular flexibility index (Phi) is 11.0. The number of fused-ring (bicyclic) bond motifs is 4. The third kappa shape index (κ3) is 7.11. The van der Waals surface area contributed by atoms with Gasteiger partial charge in [0.1, 0.15) is 11.6 Å². The molecule has 5 aromatic carbocycles. The van der Waals surface area contributed by atoms with E-state index in [4.69, 9.17) is 5.26 Å². The van der Waals surface area contributed by atoms with Crippen molar-refractivity contribution < 1.29 is 19.5 Å². The summed E-state index contributed by atoms with van der Waals surface area (Å²) in [6, 6.07) is 41.7. The van der Waals surface area contributed by atoms with Crippen molar-refractivity contribution in [1.29, 1.82) is 5.26 Å². The van der Waals surface area contributed by atoms with Gasteiger partial charge in [-0.3, -0.25) is 9.59 Å². The molecule has 62 heavy (non-hydrogen) atoms. The minimum absolute atomic E-state index is 0.136. The summed E-state index contributed by atoms with van der Waals surface area (Å²) in [6.45, 7) is 7.37. The van der Waals surface area contributed by atoms with Crippen molar-refractivity contribution in [1.82, 2.24) is 9.80 Å². The molecule has 1 saturated carbocycles. The summed E-state index contributed by atoms with van der Waals surface area (Å²) in [7, 11) is 0. The number of carbonyl (C=O) groups is 3. The number of nitriles is 1. The molecule has 2 atom stereocenters. The number of unbranched alkanes of at least 4 members (excludes halogenated alkanes) is 2. The summed E-state index contributed by atoms with van der Waals surface area (Å²) in [5, 5.41) is 18.4. The smallest absolute Gasteiger partial charge is 0.346 e. The van der Waals surface area contributed by atoms with Gasteiger partial charge in [-0.25, -0.2) is 4.79 Å². The van der Waals surface area contributed by atoms with E-state index in [0.29, 0.717) is 53.2 Å². The predicted octanol–water partition coefficient (Wildman–Crippen LogP) is 11.5. The zero-order chi connectivity index (χ0) is 43.1. The Balaban J connectivity index is 1.06. The number of aryl methyl sites for hydroxylation is 1. The molecule has 4 aliphatic rings. The van der Waals surface area contributed by atoms with E-state index in [2.05, 4.69) is 92.4 Å². The van der Waals surface area contributed by atoms with Crippen molar-refractivity contribution in [3.05, 3.63) is 160 Å². The van der Waals surface area contributed by atoms with Gasteiger partial charge in [-0.05, 0) is 107 Å². The number of anilines is 2. The Labute approximate surface area is 363 Å². The Morgan fingerprint density at radius 1 is 0.694 bits per heavy atom. The lowest BCUT2D eigenvalue weighted by atomic mass is 9.93. The molecule has 8 nitrogen and oxygen atoms in total. The van der Waals surface area contributed by atoms with Crippen LogP contribution in [0.25, 0.3) is 39.7 Å². The van der Waals surface area contributed by atoms with Crippen LogP contribution in [0.15, 0.2) is 132 Å². The van der Waals surface area contributed by atoms with Crippen LogP contribution in [0.3, 0.4) is 0 Å². The van der Waals surface area contributed by atoms with Gasteiger partial charge >= 0.3 is 5.97 Å². The van der Waals surface area contributed by atoms with E-state index >= 15 is 0 Å². The first-order valence-electron chi connectivity index (χ1n) is 22.0. The second-order valence-corrected chi connectivity index (χ2v) is 16.9. The summed E-state index contributed by atoms with van der Waals surface area (Å²) in [6.07, 6.45) is 8.39. The Morgan fingerprint density at radius 2 is 1.19 bits per heavy atom. The minimum Gasteiger partial charge on any atom is -0.477 e. The highest BCUT2D eigenvalue weighted by molar-refractivity contribution is 6.30. The van der Waals surface area contributed by atoms with Crippen LogP contribution in [0.4, 0.5) is 11.4 Å². The summed E-state index contributed by atoms with van der Waals surface area (Å²) in [5.41, 5.74) is 13.6. The minimum atomic E-state index is -1.27. The second-order valence-electron chi connectivity index (χ2n) is 16.9. The molecular weight excluding hydrogens is 769 g/mol. The molecule has 1 fully saturated rings. The van der Waals surface area contributed by atoms with Crippen LogP contribution in [0.1, 0.15) is 92.5 Å². The molecule has 1 aliphatic carbocycles. The third-order valence-corrected chi connectivity index (χ3v) is 13.0. The van der Waals surface area contributed by atoms with E-state index in [9.17, 15) is 19.5 Å². The molecule has 0 aromatic heterocycles. The number of rotatable bonds is 13. The van der Waals surface area contributed by atoms with Crippen LogP contribution in [0.2, 0.25) is 0 Å². The van der Waals surface area contributed by atoms with Crippen molar-refractivity contribution in [2.24, 2.45) is 0 Å². The molecule has 2 amide bonds. The number of benzene rings is 5. The summed E-state index contributed by atoms with van der Waals surface area (Å²) < 4.78 is 0. The molecule has 0 saturated heterocycles. The first-order chi connectivity index (χ1) is 30.2. The highest BCUT2D eigenvalue weighted by atomic mass is 16.4. The van der Waals surface area contributed by atoms with Gasteiger partial charge in [0.25, 0.3) is 11.8 Å². The third-order valence-electron chi connectivity index (χ3n) is 13.0. The van der Waals surface area contributed by atoms with E-state index in [1.807, 2.05) is 46.2 Å². The first-order valence-corrected chi connectivity index (χ1v) is 22.0. The standard InChI is InChI=1S/C54H50N4O4/c1-4-6-29-56-50(39-21-17-37(18-22-39)36-15-13-35(14-16-36)31-42(33-55)54(61)62)48-49(53(56)60)51(57(52(48)59)30-7-5-2)40-23-19-38(20-24-40)41-25-28-47-45(32-41)44-9-8-10-46(44)58(47)43-26-11-34(3)12-27-43/h11-28,31-32,44,46H,4-10,29-30H2,1-3H3,(H,61,62)/b42-31+. The molecule has 8 heteroatoms. The highest BCUT2D eigenvalue weighted by Gasteiger charge is 2.48. The highest BCUT2D eigenvalue weighted by Crippen LogP contribution is 2.53. The van der Waals surface area contributed by atoms with Gasteiger partial charge < -0.3 is 19.8 Å². The molecule has 0 spiro atoms. The van der Waals surface area contributed by atoms with Gasteiger partial charge in [-0.2, -0.15) is 5.26 Å². The zero-order valence-corrected chi connectivity index (χ0v) is 35.5. The number of amides is 2. The van der Waals surface area contributed by atoms with Crippen LogP contribution < -0.4 is 4.90 Å². The van der Waals surface area contributed by atoms with Gasteiger partial charge in [0.15, 0.2) is 0 Å². The molecule has 9 rings (SSSR count). The lowest BCUT2D eigenvalue weighted by molar-refractivity contribution is -0.132. The SMILES string of the molecule is CCCCN1C(=O)C2=C(c3ccc(-c4ccc5c(c4)C4CCCC4N5c4ccc(C)cc4)cc3)N(CCCC)C(=O)C2=C1c1ccc(-c2ccc(/C=C(\C#N)C(=O)O)cc2)cc1. The normalized spacial score (nSPS) is 18.2. The van der Waals surface area contributed by atoms with Crippen LogP contribution >= 0.6 is 0 Å². The van der Waals surface area contributed by atoms with Crippen LogP contribution in [0.5, 0.6) is 0 Å². The predicted molar refractivity (Wildman–Crippen MR) is 246 cm³/mol. The first kappa shape index (κ1) is 40.4. The zero-order valence-electron chi connectivity index (χ0n) is 35.5. The molecule has 5 aromatic rings. The maximum absolute atomic E-state index is 14.7.